The van der Waals surface area contributed by atoms with Gasteiger partial charge in [-0.05, 0) is 48.5 Å². The fourth-order valence-corrected chi connectivity index (χ4v) is 10.4. The lowest BCUT2D eigenvalue weighted by Gasteiger charge is -2.36. The number of carbonyl (C=O) groups excluding carboxylic acids is 2. The number of ether oxygens (including phenoxy) is 1. The molecule has 42 heavy (non-hydrogen) atoms. The van der Waals surface area contributed by atoms with Gasteiger partial charge in [0, 0.05) is 5.41 Å². The number of amides is 1. The number of nitriles is 1. The quantitative estimate of drug-likeness (QED) is 0.236. The molecule has 3 aromatic rings. The lowest BCUT2D eigenvalue weighted by molar-refractivity contribution is -0.114. The predicted octanol–water partition coefficient (Wildman–Crippen LogP) is 6.89. The molecule has 6 heteroatoms. The van der Waals surface area contributed by atoms with Crippen LogP contribution in [0.25, 0.3) is 0 Å². The van der Waals surface area contributed by atoms with Crippen molar-refractivity contribution in [1.29, 1.82) is 5.26 Å². The van der Waals surface area contributed by atoms with E-state index >= 15 is 0 Å². The lowest BCUT2D eigenvalue weighted by atomic mass is 9.73. The molecule has 5 nitrogen and oxygen atoms in total. The number of nitrogens with zero attached hydrogens (tertiary/aromatic N) is 1. The topological polar surface area (TPSA) is 79.2 Å². The zero-order valence-electron chi connectivity index (χ0n) is 24.9. The van der Waals surface area contributed by atoms with Crippen molar-refractivity contribution in [1.82, 2.24) is 5.32 Å². The third kappa shape index (κ3) is 6.88. The van der Waals surface area contributed by atoms with E-state index in [0.29, 0.717) is 13.0 Å². The van der Waals surface area contributed by atoms with Gasteiger partial charge >= 0.3 is 6.09 Å². The van der Waals surface area contributed by atoms with E-state index in [9.17, 15) is 14.9 Å². The Morgan fingerprint density at radius 1 is 0.857 bits per heavy atom. The highest BCUT2D eigenvalue weighted by atomic mass is 31.2. The van der Waals surface area contributed by atoms with E-state index in [1.54, 1.807) is 0 Å². The number of nitrogens with one attached hydrogen (secondary N) is 1. The standard InChI is InChI=1S/C36H43N2O3P/c1-3-5-24-32(38-35(40)41-28-36(4-2)25-16-9-17-26-36)34(39)33(27-37)42(29-18-10-6-11-19-29,30-20-12-7-13-21-30)31-22-14-8-15-23-31/h6-8,10-15,18-23,32H,3-5,9,16-17,24-26,28H2,1-2H3,(H,38,40)/t32-/m0/s1. The summed E-state index contributed by atoms with van der Waals surface area (Å²) in [6.45, 7) is 1.68. The van der Waals surface area contributed by atoms with Crippen LogP contribution >= 0.6 is 6.89 Å². The second-order valence-corrected chi connectivity index (χ2v) is 14.7. The van der Waals surface area contributed by atoms with Gasteiger partial charge in [0.15, 0.2) is 5.78 Å². The van der Waals surface area contributed by atoms with Gasteiger partial charge in [-0.2, -0.15) is 5.26 Å². The first-order valence-electron chi connectivity index (χ1n) is 15.3. The second-order valence-electron chi connectivity index (χ2n) is 11.3. The molecule has 0 aliphatic heterocycles. The fraction of sp³-hybridized carbons (Fsp3) is 0.389. The second kappa shape index (κ2) is 15.0. The molecule has 0 spiro atoms. The highest BCUT2D eigenvalue weighted by molar-refractivity contribution is 7.97. The predicted molar refractivity (Wildman–Crippen MR) is 174 cm³/mol. The first-order valence-corrected chi connectivity index (χ1v) is 17.1. The van der Waals surface area contributed by atoms with Crippen LogP contribution in [-0.4, -0.2) is 29.8 Å². The number of unbranched alkanes of at least 4 members (excludes halogenated alkanes) is 1. The van der Waals surface area contributed by atoms with Gasteiger partial charge in [0.05, 0.1) is 12.6 Å². The molecule has 220 valence electrons. The van der Waals surface area contributed by atoms with E-state index in [1.807, 2.05) is 91.0 Å². The normalized spacial score (nSPS) is 15.2. The number of rotatable bonds is 12. The van der Waals surface area contributed by atoms with Crippen LogP contribution in [0.2, 0.25) is 0 Å². The Morgan fingerprint density at radius 3 is 1.79 bits per heavy atom. The van der Waals surface area contributed by atoms with Gasteiger partial charge in [-0.1, -0.05) is 137 Å². The summed E-state index contributed by atoms with van der Waals surface area (Å²) in [5.74, 6) is -0.337. The van der Waals surface area contributed by atoms with Crippen LogP contribution in [0.15, 0.2) is 91.0 Å². The third-order valence-corrected chi connectivity index (χ3v) is 12.9. The minimum Gasteiger partial charge on any atom is -0.449 e. The largest absolute Gasteiger partial charge is 0.449 e. The van der Waals surface area contributed by atoms with E-state index in [1.165, 1.54) is 6.42 Å². The molecule has 1 atom stereocenters. The van der Waals surface area contributed by atoms with Crippen LogP contribution in [0.5, 0.6) is 0 Å². The summed E-state index contributed by atoms with van der Waals surface area (Å²) >= 11 is 0. The summed E-state index contributed by atoms with van der Waals surface area (Å²) in [6, 6.07) is 31.1. The first kappa shape index (κ1) is 31.3. The van der Waals surface area contributed by atoms with E-state index in [-0.39, 0.29) is 16.5 Å². The minimum absolute atomic E-state index is 0.0110. The van der Waals surface area contributed by atoms with Crippen LogP contribution < -0.4 is 21.2 Å². The zero-order chi connectivity index (χ0) is 29.8. The van der Waals surface area contributed by atoms with Crippen molar-refractivity contribution in [3.63, 3.8) is 0 Å². The molecule has 1 fully saturated rings. The molecule has 1 saturated carbocycles. The third-order valence-electron chi connectivity index (χ3n) is 8.73. The van der Waals surface area contributed by atoms with Crippen molar-refractivity contribution in [2.45, 2.75) is 77.7 Å². The maximum atomic E-state index is 14.6. The molecule has 1 aliphatic carbocycles. The Bertz CT molecular complexity index is 1300. The number of hydrogen-bond donors (Lipinski definition) is 1. The molecule has 0 saturated heterocycles. The van der Waals surface area contributed by atoms with E-state index < -0.39 is 19.0 Å². The van der Waals surface area contributed by atoms with Crippen molar-refractivity contribution < 1.29 is 14.3 Å². The van der Waals surface area contributed by atoms with Crippen molar-refractivity contribution in [2.24, 2.45) is 5.41 Å². The van der Waals surface area contributed by atoms with Crippen LogP contribution in [0, 0.1) is 16.7 Å². The van der Waals surface area contributed by atoms with Crippen LogP contribution in [0.4, 0.5) is 4.79 Å². The Balaban J connectivity index is 1.81. The van der Waals surface area contributed by atoms with E-state index in [4.69, 9.17) is 4.74 Å². The van der Waals surface area contributed by atoms with Gasteiger partial charge in [0.2, 0.25) is 0 Å². The first-order chi connectivity index (χ1) is 20.5. The number of ketones is 1. The number of hydrogen-bond acceptors (Lipinski definition) is 4. The molecule has 0 aromatic heterocycles. The Labute approximate surface area is 251 Å². The van der Waals surface area contributed by atoms with Crippen LogP contribution in [0.3, 0.4) is 0 Å². The summed E-state index contributed by atoms with van der Waals surface area (Å²) in [5, 5.41) is 16.7. The van der Waals surface area contributed by atoms with Gasteiger partial charge in [0.25, 0.3) is 0 Å². The minimum atomic E-state index is -2.89. The summed E-state index contributed by atoms with van der Waals surface area (Å²) < 4.78 is 5.80. The van der Waals surface area contributed by atoms with Gasteiger partial charge < -0.3 is 10.1 Å². The van der Waals surface area contributed by atoms with Gasteiger partial charge in [-0.25, -0.2) is 4.79 Å². The van der Waals surface area contributed by atoms with Gasteiger partial charge in [-0.3, -0.25) is 4.79 Å². The monoisotopic (exact) mass is 582 g/mol. The SMILES string of the molecule is CCCC[C@H](NC(=O)OCC1(CC)CCCCC1)C(=O)C(C#N)=P(c1ccccc1)(c1ccccc1)c1ccccc1. The molecule has 3 aromatic carbocycles. The maximum Gasteiger partial charge on any atom is 0.407 e. The average Bonchev–Trinajstić information content (AvgIpc) is 3.06. The lowest BCUT2D eigenvalue weighted by Crippen LogP contribution is -2.46. The van der Waals surface area contributed by atoms with Crippen LogP contribution in [0.1, 0.15) is 71.6 Å². The maximum absolute atomic E-state index is 14.6. The number of benzene rings is 3. The molecular formula is C36H43N2O3P. The summed E-state index contributed by atoms with van der Waals surface area (Å²) in [5.41, 5.74) is 0.0110. The molecule has 0 radical (unpaired) electrons. The van der Waals surface area contributed by atoms with E-state index in [2.05, 4.69) is 25.2 Å². The Morgan fingerprint density at radius 2 is 1.36 bits per heavy atom. The van der Waals surface area contributed by atoms with Crippen molar-refractivity contribution >= 4 is 40.0 Å². The molecule has 4 rings (SSSR count). The molecule has 0 heterocycles. The molecule has 1 N–H and O–H groups in total. The summed E-state index contributed by atoms with van der Waals surface area (Å²) in [4.78, 5) is 27.8. The smallest absolute Gasteiger partial charge is 0.407 e. The average molecular weight is 583 g/mol. The van der Waals surface area contributed by atoms with Gasteiger partial charge in [0.1, 0.15) is 11.4 Å². The van der Waals surface area contributed by atoms with Crippen molar-refractivity contribution in [2.75, 3.05) is 6.61 Å². The molecule has 1 aliphatic rings. The molecule has 1 amide bonds. The van der Waals surface area contributed by atoms with E-state index in [0.717, 1.165) is 60.9 Å². The summed E-state index contributed by atoms with van der Waals surface area (Å²) in [6.07, 6.45) is 8.06. The summed E-state index contributed by atoms with van der Waals surface area (Å²) in [7, 11) is 0. The number of alkyl carbamates (subject to hydrolysis) is 1. The number of carbonyl (C=O) groups is 2. The molecular weight excluding hydrogens is 539 g/mol. The fourth-order valence-electron chi connectivity index (χ4n) is 6.23. The Kier molecular flexibility index (Phi) is 11.2. The number of Topliss-reactive ketones (excluding diaryl/α,β-unsaturated/α-hetero) is 1. The molecule has 0 bridgehead atoms. The Hall–Kier alpha value is -3.61. The van der Waals surface area contributed by atoms with Gasteiger partial charge in [-0.15, -0.1) is 0 Å². The highest BCUT2D eigenvalue weighted by Gasteiger charge is 2.37. The van der Waals surface area contributed by atoms with Crippen molar-refractivity contribution in [3.05, 3.63) is 91.0 Å². The zero-order valence-corrected chi connectivity index (χ0v) is 25.8. The van der Waals surface area contributed by atoms with Crippen molar-refractivity contribution in [3.8, 4) is 6.07 Å². The van der Waals surface area contributed by atoms with Crippen LogP contribution in [-0.2, 0) is 9.53 Å². The molecule has 0 unspecified atom stereocenters. The highest BCUT2D eigenvalue weighted by Crippen LogP contribution is 2.46.